The molecule has 0 aliphatic carbocycles. The Morgan fingerprint density at radius 3 is 2.77 bits per heavy atom. The van der Waals surface area contributed by atoms with Gasteiger partial charge in [-0.3, -0.25) is 14.3 Å². The van der Waals surface area contributed by atoms with Crippen LogP contribution in [-0.4, -0.2) is 14.5 Å². The van der Waals surface area contributed by atoms with E-state index in [1.807, 2.05) is 38.1 Å². The molecule has 0 radical (unpaired) electrons. The minimum atomic E-state index is 0.0396. The molecular weight excluding hydrogens is 274 g/mol. The van der Waals surface area contributed by atoms with Crippen LogP contribution in [0.4, 0.5) is 0 Å². The third-order valence-electron chi connectivity index (χ3n) is 3.82. The van der Waals surface area contributed by atoms with Gasteiger partial charge in [-0.05, 0) is 56.0 Å². The summed E-state index contributed by atoms with van der Waals surface area (Å²) in [7, 11) is 0. The second-order valence-electron chi connectivity index (χ2n) is 5.65. The van der Waals surface area contributed by atoms with Crippen LogP contribution in [0.3, 0.4) is 0 Å². The van der Waals surface area contributed by atoms with Crippen molar-refractivity contribution < 1.29 is 0 Å². The number of nitrogens with zero attached hydrogens (tertiary/aromatic N) is 3. The molecule has 0 amide bonds. The third-order valence-corrected chi connectivity index (χ3v) is 3.82. The Morgan fingerprint density at radius 2 is 2.00 bits per heavy atom. The van der Waals surface area contributed by atoms with Gasteiger partial charge in [0.25, 0.3) is 5.56 Å². The lowest BCUT2D eigenvalue weighted by atomic mass is 10.1. The largest absolute Gasteiger partial charge is 0.299 e. The number of hydrogen-bond acceptors (Lipinski definition) is 3. The summed E-state index contributed by atoms with van der Waals surface area (Å²) in [5.74, 6) is 0. The molecule has 0 saturated heterocycles. The summed E-state index contributed by atoms with van der Waals surface area (Å²) in [6.45, 7) is 4.66. The molecule has 0 unspecified atom stereocenters. The highest BCUT2D eigenvalue weighted by Gasteiger charge is 2.07. The smallest absolute Gasteiger partial charge is 0.261 e. The van der Waals surface area contributed by atoms with Gasteiger partial charge >= 0.3 is 0 Å². The van der Waals surface area contributed by atoms with E-state index in [-0.39, 0.29) is 5.56 Å². The molecule has 3 rings (SSSR count). The average molecular weight is 293 g/mol. The number of pyridine rings is 1. The van der Waals surface area contributed by atoms with E-state index in [2.05, 4.69) is 16.0 Å². The van der Waals surface area contributed by atoms with Gasteiger partial charge in [0.1, 0.15) is 0 Å². The molecule has 112 valence electrons. The van der Waals surface area contributed by atoms with Crippen molar-refractivity contribution in [2.75, 3.05) is 0 Å². The quantitative estimate of drug-likeness (QED) is 0.743. The Hall–Kier alpha value is -2.49. The van der Waals surface area contributed by atoms with Gasteiger partial charge in [0.15, 0.2) is 0 Å². The number of aromatic nitrogens is 3. The third kappa shape index (κ3) is 2.91. The van der Waals surface area contributed by atoms with Crippen LogP contribution in [0.5, 0.6) is 0 Å². The van der Waals surface area contributed by atoms with E-state index in [9.17, 15) is 4.79 Å². The van der Waals surface area contributed by atoms with Crippen molar-refractivity contribution in [3.8, 4) is 0 Å². The number of benzene rings is 1. The minimum absolute atomic E-state index is 0.0396. The van der Waals surface area contributed by atoms with Crippen molar-refractivity contribution in [2.45, 2.75) is 33.2 Å². The molecule has 22 heavy (non-hydrogen) atoms. The van der Waals surface area contributed by atoms with Crippen LogP contribution in [0.1, 0.15) is 23.2 Å². The Labute approximate surface area is 129 Å². The molecule has 0 saturated carbocycles. The molecule has 0 atom stereocenters. The van der Waals surface area contributed by atoms with E-state index in [0.717, 1.165) is 35.2 Å². The van der Waals surface area contributed by atoms with Gasteiger partial charge < -0.3 is 0 Å². The van der Waals surface area contributed by atoms with Gasteiger partial charge in [-0.1, -0.05) is 12.1 Å². The summed E-state index contributed by atoms with van der Waals surface area (Å²) in [4.78, 5) is 21.3. The van der Waals surface area contributed by atoms with Crippen LogP contribution in [0, 0.1) is 13.8 Å². The van der Waals surface area contributed by atoms with Gasteiger partial charge in [-0.15, -0.1) is 0 Å². The SMILES string of the molecule is Cc1cc(C)c2ncn(CCCc3ccccn3)c(=O)c2c1. The molecule has 0 spiro atoms. The zero-order chi connectivity index (χ0) is 15.5. The fraction of sp³-hybridized carbons (Fsp3) is 0.278. The first-order chi connectivity index (χ1) is 10.6. The molecule has 0 fully saturated rings. The lowest BCUT2D eigenvalue weighted by Crippen LogP contribution is -2.21. The number of rotatable bonds is 4. The van der Waals surface area contributed by atoms with Crippen LogP contribution >= 0.6 is 0 Å². The van der Waals surface area contributed by atoms with Crippen LogP contribution < -0.4 is 5.56 Å². The van der Waals surface area contributed by atoms with Gasteiger partial charge in [-0.2, -0.15) is 0 Å². The average Bonchev–Trinajstić information content (AvgIpc) is 2.51. The minimum Gasteiger partial charge on any atom is -0.299 e. The maximum atomic E-state index is 12.6. The summed E-state index contributed by atoms with van der Waals surface area (Å²) < 4.78 is 1.70. The summed E-state index contributed by atoms with van der Waals surface area (Å²) >= 11 is 0. The van der Waals surface area contributed by atoms with Crippen molar-refractivity contribution >= 4 is 10.9 Å². The first-order valence-corrected chi connectivity index (χ1v) is 7.51. The zero-order valence-corrected chi connectivity index (χ0v) is 12.9. The molecule has 0 aliphatic heterocycles. The van der Waals surface area contributed by atoms with E-state index >= 15 is 0 Å². The normalized spacial score (nSPS) is 11.0. The molecule has 3 aromatic rings. The first-order valence-electron chi connectivity index (χ1n) is 7.51. The maximum Gasteiger partial charge on any atom is 0.261 e. The van der Waals surface area contributed by atoms with Crippen molar-refractivity contribution in [2.24, 2.45) is 0 Å². The highest BCUT2D eigenvalue weighted by molar-refractivity contribution is 5.81. The Balaban J connectivity index is 1.83. The van der Waals surface area contributed by atoms with Crippen molar-refractivity contribution in [3.63, 3.8) is 0 Å². The number of fused-ring (bicyclic) bond motifs is 1. The lowest BCUT2D eigenvalue weighted by molar-refractivity contribution is 0.612. The second-order valence-corrected chi connectivity index (χ2v) is 5.65. The lowest BCUT2D eigenvalue weighted by Gasteiger charge is -2.08. The summed E-state index contributed by atoms with van der Waals surface area (Å²) in [5, 5.41) is 0.706. The monoisotopic (exact) mass is 293 g/mol. The molecular formula is C18H19N3O. The molecule has 4 heteroatoms. The highest BCUT2D eigenvalue weighted by atomic mass is 16.1. The van der Waals surface area contributed by atoms with Crippen LogP contribution in [0.25, 0.3) is 10.9 Å². The summed E-state index contributed by atoms with van der Waals surface area (Å²) in [6, 6.07) is 9.88. The molecule has 4 nitrogen and oxygen atoms in total. The van der Waals surface area contributed by atoms with Crippen molar-refractivity contribution in [3.05, 3.63) is 70.0 Å². The zero-order valence-electron chi connectivity index (χ0n) is 12.9. The Bertz CT molecular complexity index is 853. The van der Waals surface area contributed by atoms with Crippen LogP contribution in [0.15, 0.2) is 47.7 Å². The van der Waals surface area contributed by atoms with E-state index < -0.39 is 0 Å². The molecule has 2 heterocycles. The predicted molar refractivity (Wildman–Crippen MR) is 88.0 cm³/mol. The predicted octanol–water partition coefficient (Wildman–Crippen LogP) is 3.04. The van der Waals surface area contributed by atoms with Crippen LogP contribution in [-0.2, 0) is 13.0 Å². The first kappa shape index (κ1) is 14.4. The Kier molecular flexibility index (Phi) is 4.00. The van der Waals surface area contributed by atoms with E-state index in [4.69, 9.17) is 0 Å². The summed E-state index contributed by atoms with van der Waals surface area (Å²) in [6.07, 6.45) is 5.18. The summed E-state index contributed by atoms with van der Waals surface area (Å²) in [5.41, 5.74) is 4.04. The maximum absolute atomic E-state index is 12.6. The topological polar surface area (TPSA) is 47.8 Å². The molecule has 0 aliphatic rings. The van der Waals surface area contributed by atoms with E-state index in [1.165, 1.54) is 0 Å². The van der Waals surface area contributed by atoms with Gasteiger partial charge in [0.05, 0.1) is 17.2 Å². The number of aryl methyl sites for hydroxylation is 4. The Morgan fingerprint density at radius 1 is 1.14 bits per heavy atom. The molecule has 2 aromatic heterocycles. The molecule has 1 aromatic carbocycles. The van der Waals surface area contributed by atoms with Crippen molar-refractivity contribution in [1.29, 1.82) is 0 Å². The molecule has 0 N–H and O–H groups in total. The van der Waals surface area contributed by atoms with Gasteiger partial charge in [0.2, 0.25) is 0 Å². The van der Waals surface area contributed by atoms with E-state index in [0.29, 0.717) is 11.9 Å². The van der Waals surface area contributed by atoms with Crippen LogP contribution in [0.2, 0.25) is 0 Å². The highest BCUT2D eigenvalue weighted by Crippen LogP contribution is 2.15. The van der Waals surface area contributed by atoms with Crippen molar-refractivity contribution in [1.82, 2.24) is 14.5 Å². The second kappa shape index (κ2) is 6.10. The van der Waals surface area contributed by atoms with Gasteiger partial charge in [0, 0.05) is 18.4 Å². The fourth-order valence-electron chi connectivity index (χ4n) is 2.76. The number of hydrogen-bond donors (Lipinski definition) is 0. The standard InChI is InChI=1S/C18H19N3O/c1-13-10-14(2)17-16(11-13)18(22)21(12-20-17)9-5-7-15-6-3-4-8-19-15/h3-4,6,8,10-12H,5,7,9H2,1-2H3. The van der Waals surface area contributed by atoms with E-state index in [1.54, 1.807) is 17.1 Å². The fourth-order valence-corrected chi connectivity index (χ4v) is 2.76. The molecule has 0 bridgehead atoms. The van der Waals surface area contributed by atoms with Gasteiger partial charge in [-0.25, -0.2) is 4.98 Å².